The molecule has 2 aromatic rings. The highest BCUT2D eigenvalue weighted by atomic mass is 35.5. The highest BCUT2D eigenvalue weighted by molar-refractivity contribution is 6.31. The molecule has 0 aliphatic rings. The van der Waals surface area contributed by atoms with E-state index in [2.05, 4.69) is 10.1 Å². The van der Waals surface area contributed by atoms with E-state index in [0.29, 0.717) is 5.56 Å². The second kappa shape index (κ2) is 6.75. The first-order chi connectivity index (χ1) is 10.8. The van der Waals surface area contributed by atoms with Crippen LogP contribution in [-0.2, 0) is 4.74 Å². The Morgan fingerprint density at radius 3 is 2.48 bits per heavy atom. The van der Waals surface area contributed by atoms with Gasteiger partial charge in [-0.25, -0.2) is 13.6 Å². The van der Waals surface area contributed by atoms with Gasteiger partial charge >= 0.3 is 5.97 Å². The van der Waals surface area contributed by atoms with E-state index in [1.165, 1.54) is 25.1 Å². The number of ether oxygens (including phenoxy) is 1. The number of anilines is 1. The fraction of sp³-hybridized carbons (Fsp3) is 0.125. The number of aryl methyl sites for hydroxylation is 1. The summed E-state index contributed by atoms with van der Waals surface area (Å²) in [5.41, 5.74) is 0.239. The fourth-order valence-corrected chi connectivity index (χ4v) is 2.13. The molecule has 1 N–H and O–H groups in total. The molecule has 0 radical (unpaired) electrons. The number of rotatable bonds is 3. The zero-order chi connectivity index (χ0) is 17.1. The standard InChI is InChI=1S/C16H12ClF2NO3/c1-8-5-9(3-4-13(8)18)15(21)20-10-6-11(16(22)23-2)14(19)12(17)7-10/h3-7H,1-2H3,(H,20,21). The Kier molecular flexibility index (Phi) is 4.95. The van der Waals surface area contributed by atoms with Crippen LogP contribution in [-0.4, -0.2) is 19.0 Å². The van der Waals surface area contributed by atoms with Gasteiger partial charge < -0.3 is 10.1 Å². The van der Waals surface area contributed by atoms with Crippen LogP contribution in [0.4, 0.5) is 14.5 Å². The van der Waals surface area contributed by atoms with Crippen LogP contribution in [0.15, 0.2) is 30.3 Å². The number of benzene rings is 2. The van der Waals surface area contributed by atoms with Crippen molar-refractivity contribution in [1.29, 1.82) is 0 Å². The van der Waals surface area contributed by atoms with Gasteiger partial charge in [0.25, 0.3) is 5.91 Å². The quantitative estimate of drug-likeness (QED) is 0.861. The number of esters is 1. The second-order valence-corrected chi connectivity index (χ2v) is 5.14. The van der Waals surface area contributed by atoms with E-state index in [1.807, 2.05) is 0 Å². The van der Waals surface area contributed by atoms with Crippen molar-refractivity contribution in [2.75, 3.05) is 12.4 Å². The van der Waals surface area contributed by atoms with Crippen molar-refractivity contribution in [2.45, 2.75) is 6.92 Å². The molecule has 0 saturated carbocycles. The van der Waals surface area contributed by atoms with Gasteiger partial charge in [-0.15, -0.1) is 0 Å². The van der Waals surface area contributed by atoms with Gasteiger partial charge in [0, 0.05) is 11.3 Å². The monoisotopic (exact) mass is 339 g/mol. The summed E-state index contributed by atoms with van der Waals surface area (Å²) in [5.74, 6) is -2.83. The summed E-state index contributed by atoms with van der Waals surface area (Å²) in [6.07, 6.45) is 0. The van der Waals surface area contributed by atoms with E-state index in [1.54, 1.807) is 0 Å². The Hall–Kier alpha value is -2.47. The average molecular weight is 340 g/mol. The molecule has 1 amide bonds. The highest BCUT2D eigenvalue weighted by Crippen LogP contribution is 2.25. The summed E-state index contributed by atoms with van der Waals surface area (Å²) in [6.45, 7) is 1.52. The maximum atomic E-state index is 13.8. The number of hydrogen-bond donors (Lipinski definition) is 1. The molecule has 120 valence electrons. The lowest BCUT2D eigenvalue weighted by Crippen LogP contribution is -2.14. The molecule has 0 aliphatic carbocycles. The van der Waals surface area contributed by atoms with E-state index >= 15 is 0 Å². The van der Waals surface area contributed by atoms with Crippen LogP contribution < -0.4 is 5.32 Å². The Morgan fingerprint density at radius 1 is 1.17 bits per heavy atom. The first kappa shape index (κ1) is 16.9. The molecule has 0 saturated heterocycles. The van der Waals surface area contributed by atoms with Crippen molar-refractivity contribution in [2.24, 2.45) is 0 Å². The SMILES string of the molecule is COC(=O)c1cc(NC(=O)c2ccc(F)c(C)c2)cc(Cl)c1F. The molecule has 7 heteroatoms. The van der Waals surface area contributed by atoms with Gasteiger partial charge in [-0.3, -0.25) is 4.79 Å². The lowest BCUT2D eigenvalue weighted by atomic mass is 10.1. The summed E-state index contributed by atoms with van der Waals surface area (Å²) in [7, 11) is 1.10. The van der Waals surface area contributed by atoms with Crippen molar-refractivity contribution < 1.29 is 23.1 Å². The van der Waals surface area contributed by atoms with Gasteiger partial charge in [0.15, 0.2) is 5.82 Å². The molecule has 2 aromatic carbocycles. The van der Waals surface area contributed by atoms with E-state index < -0.39 is 29.1 Å². The zero-order valence-corrected chi connectivity index (χ0v) is 13.0. The van der Waals surface area contributed by atoms with Crippen molar-refractivity contribution in [3.05, 3.63) is 63.7 Å². The molecule has 0 atom stereocenters. The lowest BCUT2D eigenvalue weighted by Gasteiger charge is -2.10. The minimum Gasteiger partial charge on any atom is -0.465 e. The third-order valence-electron chi connectivity index (χ3n) is 3.11. The summed E-state index contributed by atoms with van der Waals surface area (Å²) >= 11 is 5.71. The van der Waals surface area contributed by atoms with Crippen LogP contribution in [0.2, 0.25) is 5.02 Å². The first-order valence-corrected chi connectivity index (χ1v) is 6.86. The van der Waals surface area contributed by atoms with Crippen molar-refractivity contribution in [3.8, 4) is 0 Å². The normalized spacial score (nSPS) is 10.3. The number of hydrogen-bond acceptors (Lipinski definition) is 3. The van der Waals surface area contributed by atoms with Crippen molar-refractivity contribution in [3.63, 3.8) is 0 Å². The number of halogens is 3. The fourth-order valence-electron chi connectivity index (χ4n) is 1.91. The largest absolute Gasteiger partial charge is 0.465 e. The molecule has 0 fully saturated rings. The summed E-state index contributed by atoms with van der Waals surface area (Å²) < 4.78 is 31.5. The minimum atomic E-state index is -0.936. The molecule has 0 bridgehead atoms. The topological polar surface area (TPSA) is 55.4 Å². The maximum absolute atomic E-state index is 13.8. The molecule has 2 rings (SSSR count). The van der Waals surface area contributed by atoms with Crippen molar-refractivity contribution >= 4 is 29.2 Å². The summed E-state index contributed by atoms with van der Waals surface area (Å²) in [4.78, 5) is 23.6. The first-order valence-electron chi connectivity index (χ1n) is 6.48. The minimum absolute atomic E-state index is 0.115. The molecule has 0 heterocycles. The molecule has 0 aromatic heterocycles. The van der Waals surface area contributed by atoms with Gasteiger partial charge in [0.1, 0.15) is 5.82 Å². The number of carbonyl (C=O) groups is 2. The Balaban J connectivity index is 2.32. The van der Waals surface area contributed by atoms with E-state index in [9.17, 15) is 18.4 Å². The van der Waals surface area contributed by atoms with Crippen LogP contribution in [0.3, 0.4) is 0 Å². The molecular weight excluding hydrogens is 328 g/mol. The van der Waals surface area contributed by atoms with Crippen LogP contribution in [0.1, 0.15) is 26.3 Å². The van der Waals surface area contributed by atoms with E-state index in [4.69, 9.17) is 11.6 Å². The van der Waals surface area contributed by atoms with Gasteiger partial charge in [-0.2, -0.15) is 0 Å². The third-order valence-corrected chi connectivity index (χ3v) is 3.39. The molecule has 0 aliphatic heterocycles. The van der Waals surface area contributed by atoms with Crippen LogP contribution >= 0.6 is 11.6 Å². The Bertz CT molecular complexity index is 793. The zero-order valence-electron chi connectivity index (χ0n) is 12.2. The number of methoxy groups -OCH3 is 1. The lowest BCUT2D eigenvalue weighted by molar-refractivity contribution is 0.0595. The predicted molar refractivity (Wildman–Crippen MR) is 81.8 cm³/mol. The molecule has 4 nitrogen and oxygen atoms in total. The van der Waals surface area contributed by atoms with E-state index in [0.717, 1.165) is 19.2 Å². The van der Waals surface area contributed by atoms with Gasteiger partial charge in [-0.1, -0.05) is 11.6 Å². The van der Waals surface area contributed by atoms with Crippen LogP contribution in [0.5, 0.6) is 0 Å². The molecular formula is C16H12ClF2NO3. The smallest absolute Gasteiger partial charge is 0.340 e. The molecule has 0 unspecified atom stereocenters. The summed E-state index contributed by atoms with van der Waals surface area (Å²) in [6, 6.07) is 6.13. The van der Waals surface area contributed by atoms with Crippen LogP contribution in [0, 0.1) is 18.6 Å². The molecule has 0 spiro atoms. The highest BCUT2D eigenvalue weighted by Gasteiger charge is 2.18. The van der Waals surface area contributed by atoms with Gasteiger partial charge in [-0.05, 0) is 42.8 Å². The third kappa shape index (κ3) is 3.65. The van der Waals surface area contributed by atoms with Crippen LogP contribution in [0.25, 0.3) is 0 Å². The molecule has 23 heavy (non-hydrogen) atoms. The number of nitrogens with one attached hydrogen (secondary N) is 1. The maximum Gasteiger partial charge on any atom is 0.340 e. The second-order valence-electron chi connectivity index (χ2n) is 4.73. The average Bonchev–Trinajstić information content (AvgIpc) is 2.52. The Morgan fingerprint density at radius 2 is 1.87 bits per heavy atom. The predicted octanol–water partition coefficient (Wildman–Crippen LogP) is 3.97. The van der Waals surface area contributed by atoms with Gasteiger partial charge in [0.05, 0.1) is 17.7 Å². The van der Waals surface area contributed by atoms with E-state index in [-0.39, 0.29) is 16.3 Å². The Labute approximate surface area is 136 Å². The van der Waals surface area contributed by atoms with Crippen molar-refractivity contribution in [1.82, 2.24) is 0 Å². The van der Waals surface area contributed by atoms with Gasteiger partial charge in [0.2, 0.25) is 0 Å². The number of amides is 1. The number of carbonyl (C=O) groups excluding carboxylic acids is 2. The summed E-state index contributed by atoms with van der Waals surface area (Å²) in [5, 5.41) is 2.14.